The first-order valence-electron chi connectivity index (χ1n) is 11.1. The van der Waals surface area contributed by atoms with Crippen molar-refractivity contribution in [2.75, 3.05) is 40.5 Å². The highest BCUT2D eigenvalue weighted by Gasteiger charge is 2.31. The lowest BCUT2D eigenvalue weighted by Gasteiger charge is -2.22. The molecule has 3 heterocycles. The maximum absolute atomic E-state index is 12.9. The first kappa shape index (κ1) is 27.1. The van der Waals surface area contributed by atoms with Gasteiger partial charge in [0.1, 0.15) is 0 Å². The second-order valence-corrected chi connectivity index (χ2v) is 9.47. The van der Waals surface area contributed by atoms with Gasteiger partial charge in [-0.05, 0) is 41.6 Å². The SMILES string of the molecule is COCCN(CCOC)C1=NC(=O)/C(=C\c2ccc3c(cnn3Cc3ncc(C(F)(F)F)cc3Cl)c2)S1. The normalized spacial score (nSPS) is 15.1. The van der Waals surface area contributed by atoms with E-state index in [1.807, 2.05) is 23.1 Å². The van der Waals surface area contributed by atoms with Gasteiger partial charge in [0.15, 0.2) is 5.17 Å². The lowest BCUT2D eigenvalue weighted by molar-refractivity contribution is -0.137. The minimum absolute atomic E-state index is 0.0857. The van der Waals surface area contributed by atoms with Gasteiger partial charge in [0.2, 0.25) is 0 Å². The Labute approximate surface area is 220 Å². The van der Waals surface area contributed by atoms with Crippen LogP contribution < -0.4 is 0 Å². The van der Waals surface area contributed by atoms with Crippen LogP contribution in [0.3, 0.4) is 0 Å². The molecular weight excluding hydrogens is 531 g/mol. The Morgan fingerprint density at radius 1 is 1.14 bits per heavy atom. The molecule has 196 valence electrons. The van der Waals surface area contributed by atoms with E-state index in [2.05, 4.69) is 15.1 Å². The van der Waals surface area contributed by atoms with Gasteiger partial charge in [0.05, 0.1) is 52.7 Å². The van der Waals surface area contributed by atoms with E-state index in [-0.39, 0.29) is 23.2 Å². The third-order valence-corrected chi connectivity index (χ3v) is 6.89. The van der Waals surface area contributed by atoms with Gasteiger partial charge < -0.3 is 14.4 Å². The predicted octanol–water partition coefficient (Wildman–Crippen LogP) is 4.72. The third-order valence-electron chi connectivity index (χ3n) is 5.52. The highest BCUT2D eigenvalue weighted by atomic mass is 35.5. The highest BCUT2D eigenvalue weighted by molar-refractivity contribution is 8.18. The summed E-state index contributed by atoms with van der Waals surface area (Å²) in [5.41, 5.74) is 0.893. The number of alkyl halides is 3. The predicted molar refractivity (Wildman–Crippen MR) is 136 cm³/mol. The molecule has 0 saturated heterocycles. The number of hydrogen-bond acceptors (Lipinski definition) is 7. The Morgan fingerprint density at radius 2 is 1.86 bits per heavy atom. The summed E-state index contributed by atoms with van der Waals surface area (Å²) in [5, 5.41) is 5.63. The number of pyridine rings is 1. The van der Waals surface area contributed by atoms with Crippen molar-refractivity contribution in [2.24, 2.45) is 4.99 Å². The van der Waals surface area contributed by atoms with Gasteiger partial charge in [-0.15, -0.1) is 0 Å². The van der Waals surface area contributed by atoms with Gasteiger partial charge in [0.25, 0.3) is 5.91 Å². The van der Waals surface area contributed by atoms with Crippen molar-refractivity contribution in [2.45, 2.75) is 12.7 Å². The number of thioether (sulfide) groups is 1. The minimum Gasteiger partial charge on any atom is -0.383 e. The summed E-state index contributed by atoms with van der Waals surface area (Å²) < 4.78 is 50.6. The van der Waals surface area contributed by atoms with Crippen LogP contribution in [-0.4, -0.2) is 71.3 Å². The smallest absolute Gasteiger partial charge is 0.383 e. The standard InChI is InChI=1S/C24H23ClF3N5O3S/c1-35-7-5-32(6-8-36-2)23-31-22(34)21(37-23)10-15-3-4-20-16(9-15)12-30-33(20)14-19-18(25)11-17(13-29-19)24(26,27)28/h3-4,9-13H,5-8,14H2,1-2H3/b21-10+. The lowest BCUT2D eigenvalue weighted by atomic mass is 10.1. The number of amidine groups is 1. The number of carbonyl (C=O) groups excluding carboxylic acids is 1. The van der Waals surface area contributed by atoms with E-state index in [9.17, 15) is 18.0 Å². The topological polar surface area (TPSA) is 81.8 Å². The van der Waals surface area contributed by atoms with E-state index in [0.29, 0.717) is 36.4 Å². The summed E-state index contributed by atoms with van der Waals surface area (Å²) in [6, 6.07) is 6.38. The molecule has 1 aliphatic rings. The fourth-order valence-corrected chi connectivity index (χ4v) is 4.78. The first-order chi connectivity index (χ1) is 17.7. The fraction of sp³-hybridized carbons (Fsp3) is 0.333. The van der Waals surface area contributed by atoms with Crippen LogP contribution in [0.4, 0.5) is 13.2 Å². The van der Waals surface area contributed by atoms with Crippen LogP contribution in [0.5, 0.6) is 0 Å². The minimum atomic E-state index is -4.52. The van der Waals surface area contributed by atoms with Crippen molar-refractivity contribution in [1.82, 2.24) is 19.7 Å². The van der Waals surface area contributed by atoms with Gasteiger partial charge in [-0.3, -0.25) is 14.5 Å². The van der Waals surface area contributed by atoms with Gasteiger partial charge in [-0.2, -0.15) is 23.3 Å². The highest BCUT2D eigenvalue weighted by Crippen LogP contribution is 2.32. The Bertz CT molecular complexity index is 1350. The summed E-state index contributed by atoms with van der Waals surface area (Å²) in [4.78, 5) is 23.1. The molecule has 0 bridgehead atoms. The van der Waals surface area contributed by atoms with Gasteiger partial charge in [-0.1, -0.05) is 17.7 Å². The zero-order chi connectivity index (χ0) is 26.6. The number of amides is 1. The molecule has 0 aliphatic carbocycles. The van der Waals surface area contributed by atoms with E-state index >= 15 is 0 Å². The molecule has 1 amide bonds. The summed E-state index contributed by atoms with van der Waals surface area (Å²) >= 11 is 7.35. The van der Waals surface area contributed by atoms with Gasteiger partial charge in [0, 0.05) is 38.9 Å². The van der Waals surface area contributed by atoms with Crippen LogP contribution >= 0.6 is 23.4 Å². The molecule has 0 saturated carbocycles. The monoisotopic (exact) mass is 553 g/mol. The van der Waals surface area contributed by atoms with Crippen LogP contribution in [0.2, 0.25) is 5.02 Å². The van der Waals surface area contributed by atoms with Gasteiger partial charge >= 0.3 is 6.18 Å². The molecule has 0 unspecified atom stereocenters. The number of rotatable bonds is 9. The largest absolute Gasteiger partial charge is 0.417 e. The fourth-order valence-electron chi connectivity index (χ4n) is 3.59. The Hall–Kier alpha value is -2.93. The van der Waals surface area contributed by atoms with E-state index in [1.165, 1.54) is 11.8 Å². The molecule has 2 aromatic heterocycles. The lowest BCUT2D eigenvalue weighted by Crippen LogP contribution is -2.34. The molecule has 1 aromatic carbocycles. The Balaban J connectivity index is 1.50. The number of nitrogens with zero attached hydrogens (tertiary/aromatic N) is 5. The number of benzene rings is 1. The Morgan fingerprint density at radius 3 is 2.51 bits per heavy atom. The number of ether oxygens (including phenoxy) is 2. The third kappa shape index (κ3) is 6.50. The van der Waals surface area contributed by atoms with Gasteiger partial charge in [-0.25, -0.2) is 0 Å². The number of aromatic nitrogens is 3. The zero-order valence-electron chi connectivity index (χ0n) is 20.0. The van der Waals surface area contributed by atoms with Crippen molar-refractivity contribution in [3.05, 3.63) is 63.4 Å². The maximum atomic E-state index is 12.9. The molecule has 0 spiro atoms. The molecular formula is C24H23ClF3N5O3S. The van der Waals surface area contributed by atoms with E-state index in [0.717, 1.165) is 28.7 Å². The summed E-state index contributed by atoms with van der Waals surface area (Å²) in [7, 11) is 3.23. The summed E-state index contributed by atoms with van der Waals surface area (Å²) in [6.07, 6.45) is -0.359. The summed E-state index contributed by atoms with van der Waals surface area (Å²) in [5.74, 6) is -0.321. The van der Waals surface area contributed by atoms with Crippen molar-refractivity contribution < 1.29 is 27.4 Å². The number of aliphatic imine (C=N–C) groups is 1. The van der Waals surface area contributed by atoms with E-state index in [1.54, 1.807) is 31.2 Å². The van der Waals surface area contributed by atoms with Crippen molar-refractivity contribution in [1.29, 1.82) is 0 Å². The number of hydrogen-bond donors (Lipinski definition) is 0. The second kappa shape index (κ2) is 11.6. The molecule has 3 aromatic rings. The average Bonchev–Trinajstić information content (AvgIpc) is 3.42. The molecule has 37 heavy (non-hydrogen) atoms. The van der Waals surface area contributed by atoms with Crippen LogP contribution in [0, 0.1) is 0 Å². The summed E-state index contributed by atoms with van der Waals surface area (Å²) in [6.45, 7) is 2.24. The molecule has 0 fully saturated rings. The molecule has 13 heteroatoms. The zero-order valence-corrected chi connectivity index (χ0v) is 21.5. The number of carbonyl (C=O) groups is 1. The first-order valence-corrected chi connectivity index (χ1v) is 12.3. The van der Waals surface area contributed by atoms with Crippen LogP contribution in [0.1, 0.15) is 16.8 Å². The quantitative estimate of drug-likeness (QED) is 0.355. The molecule has 0 N–H and O–H groups in total. The second-order valence-electron chi connectivity index (χ2n) is 8.05. The van der Waals surface area contributed by atoms with Crippen LogP contribution in [-0.2, 0) is 27.0 Å². The van der Waals surface area contributed by atoms with E-state index < -0.39 is 11.7 Å². The number of fused-ring (bicyclic) bond motifs is 1. The molecule has 1 aliphatic heterocycles. The van der Waals surface area contributed by atoms with Crippen molar-refractivity contribution in [3.8, 4) is 0 Å². The van der Waals surface area contributed by atoms with Crippen molar-refractivity contribution in [3.63, 3.8) is 0 Å². The van der Waals surface area contributed by atoms with Crippen molar-refractivity contribution >= 4 is 51.4 Å². The molecule has 0 atom stereocenters. The number of methoxy groups -OCH3 is 2. The Kier molecular flexibility index (Phi) is 8.53. The average molecular weight is 554 g/mol. The van der Waals surface area contributed by atoms with Crippen LogP contribution in [0.15, 0.2) is 46.6 Å². The van der Waals surface area contributed by atoms with Crippen LogP contribution in [0.25, 0.3) is 17.0 Å². The molecule has 0 radical (unpaired) electrons. The van der Waals surface area contributed by atoms with E-state index in [4.69, 9.17) is 21.1 Å². The molecule has 8 nitrogen and oxygen atoms in total. The molecule has 4 rings (SSSR count). The maximum Gasteiger partial charge on any atom is 0.417 e. The number of halogens is 4.